The maximum atomic E-state index is 13.8. The number of carbonyl (C=O) groups excluding carboxylic acids is 2. The highest BCUT2D eigenvalue weighted by atomic mass is 35.5. The molecule has 1 amide bonds. The number of benzene rings is 2. The van der Waals surface area contributed by atoms with Gasteiger partial charge in [0.15, 0.2) is 0 Å². The summed E-state index contributed by atoms with van der Waals surface area (Å²) in [7, 11) is 0. The SMILES string of the molecule is CCC[C@H](C(=O)OCC)N1C(=O)[C@H](CC(=O)O)CC(c2cccc(Cl)c2)[C@@H]1c1ccc(Cl)cc1. The van der Waals surface area contributed by atoms with Gasteiger partial charge in [-0.05, 0) is 55.2 Å². The lowest BCUT2D eigenvalue weighted by molar-refractivity contribution is -0.164. The molecular formula is C26H29Cl2NO5. The van der Waals surface area contributed by atoms with E-state index < -0.39 is 29.9 Å². The number of carboxylic acid groups (broad SMARTS) is 1. The summed E-state index contributed by atoms with van der Waals surface area (Å²) in [5.74, 6) is -2.96. The molecule has 2 aromatic rings. The summed E-state index contributed by atoms with van der Waals surface area (Å²) >= 11 is 12.4. The van der Waals surface area contributed by atoms with Crippen LogP contribution in [-0.4, -0.2) is 40.5 Å². The fourth-order valence-corrected chi connectivity index (χ4v) is 5.12. The zero-order valence-corrected chi connectivity index (χ0v) is 20.8. The zero-order valence-electron chi connectivity index (χ0n) is 19.2. The molecule has 3 rings (SSSR count). The van der Waals surface area contributed by atoms with Gasteiger partial charge >= 0.3 is 11.9 Å². The minimum absolute atomic E-state index is 0.183. The lowest BCUT2D eigenvalue weighted by atomic mass is 9.74. The molecular weight excluding hydrogens is 477 g/mol. The highest BCUT2D eigenvalue weighted by molar-refractivity contribution is 6.30. The standard InChI is InChI=1S/C26H29Cl2NO5/c1-3-6-22(26(33)34-4-2)29-24(16-9-11-19(27)12-10-16)21(17-7-5-8-20(28)13-17)14-18(25(29)32)15-23(30)31/h5,7-13,18,21-22,24H,3-4,6,14-15H2,1-2H3,(H,30,31)/t18-,21?,22+,24-/m0/s1. The van der Waals surface area contributed by atoms with Crippen LogP contribution in [-0.2, 0) is 19.1 Å². The van der Waals surface area contributed by atoms with Crippen LogP contribution in [0.4, 0.5) is 0 Å². The van der Waals surface area contributed by atoms with Gasteiger partial charge < -0.3 is 14.7 Å². The normalized spacial score (nSPS) is 21.2. The summed E-state index contributed by atoms with van der Waals surface area (Å²) in [6.45, 7) is 3.84. The van der Waals surface area contributed by atoms with Gasteiger partial charge in [0, 0.05) is 21.9 Å². The maximum Gasteiger partial charge on any atom is 0.328 e. The van der Waals surface area contributed by atoms with Gasteiger partial charge in [0.25, 0.3) is 0 Å². The number of piperidine rings is 1. The second-order valence-electron chi connectivity index (χ2n) is 8.49. The summed E-state index contributed by atoms with van der Waals surface area (Å²) in [6.07, 6.45) is 1.04. The van der Waals surface area contributed by atoms with Gasteiger partial charge in [-0.3, -0.25) is 9.59 Å². The maximum absolute atomic E-state index is 13.8. The van der Waals surface area contributed by atoms with Crippen LogP contribution in [0.1, 0.15) is 62.6 Å². The molecule has 6 nitrogen and oxygen atoms in total. The number of nitrogens with zero attached hydrogens (tertiary/aromatic N) is 1. The number of hydrogen-bond acceptors (Lipinski definition) is 4. The number of ether oxygens (including phenoxy) is 1. The summed E-state index contributed by atoms with van der Waals surface area (Å²) < 4.78 is 5.35. The van der Waals surface area contributed by atoms with Crippen molar-refractivity contribution in [1.29, 1.82) is 0 Å². The second-order valence-corrected chi connectivity index (χ2v) is 9.36. The lowest BCUT2D eigenvalue weighted by Crippen LogP contribution is -2.54. The molecule has 4 atom stereocenters. The molecule has 0 saturated carbocycles. The first-order chi connectivity index (χ1) is 16.3. The van der Waals surface area contributed by atoms with Gasteiger partial charge in [0.2, 0.25) is 5.91 Å². The molecule has 2 aromatic carbocycles. The van der Waals surface area contributed by atoms with E-state index in [0.29, 0.717) is 29.3 Å². The summed E-state index contributed by atoms with van der Waals surface area (Å²) in [6, 6.07) is 13.2. The van der Waals surface area contributed by atoms with Gasteiger partial charge in [0.05, 0.1) is 19.1 Å². The molecule has 1 saturated heterocycles. The van der Waals surface area contributed by atoms with E-state index in [1.165, 1.54) is 0 Å². The van der Waals surface area contributed by atoms with Crippen LogP contribution in [0, 0.1) is 5.92 Å². The highest BCUT2D eigenvalue weighted by Crippen LogP contribution is 2.47. The van der Waals surface area contributed by atoms with E-state index >= 15 is 0 Å². The Labute approximate surface area is 209 Å². The molecule has 1 fully saturated rings. The highest BCUT2D eigenvalue weighted by Gasteiger charge is 2.48. The molecule has 1 aliphatic heterocycles. The number of rotatable bonds is 9. The van der Waals surface area contributed by atoms with E-state index in [-0.39, 0.29) is 24.9 Å². The number of carboxylic acids is 1. The Bertz CT molecular complexity index is 1030. The molecule has 182 valence electrons. The molecule has 0 aliphatic carbocycles. The molecule has 1 N–H and O–H groups in total. The average Bonchev–Trinajstić information content (AvgIpc) is 2.79. The number of esters is 1. The minimum Gasteiger partial charge on any atom is -0.481 e. The molecule has 34 heavy (non-hydrogen) atoms. The second kappa shape index (κ2) is 11.7. The topological polar surface area (TPSA) is 83.9 Å². The van der Waals surface area contributed by atoms with Crippen molar-refractivity contribution in [2.24, 2.45) is 5.92 Å². The Hall–Kier alpha value is -2.57. The minimum atomic E-state index is -1.06. The van der Waals surface area contributed by atoms with Crippen LogP contribution >= 0.6 is 23.2 Å². The zero-order chi connectivity index (χ0) is 24.8. The molecule has 0 radical (unpaired) electrons. The number of halogens is 2. The van der Waals surface area contributed by atoms with Crippen LogP contribution in [0.2, 0.25) is 10.0 Å². The summed E-state index contributed by atoms with van der Waals surface area (Å²) in [4.78, 5) is 40.0. The van der Waals surface area contributed by atoms with Gasteiger partial charge in [0.1, 0.15) is 6.04 Å². The predicted octanol–water partition coefficient (Wildman–Crippen LogP) is 5.87. The smallest absolute Gasteiger partial charge is 0.328 e. The van der Waals surface area contributed by atoms with Gasteiger partial charge in [-0.1, -0.05) is 60.8 Å². The predicted molar refractivity (Wildman–Crippen MR) is 131 cm³/mol. The molecule has 1 unspecified atom stereocenters. The third-order valence-electron chi connectivity index (χ3n) is 6.19. The molecule has 8 heteroatoms. The Morgan fingerprint density at radius 1 is 1.09 bits per heavy atom. The Morgan fingerprint density at radius 2 is 1.79 bits per heavy atom. The molecule has 0 aromatic heterocycles. The number of hydrogen-bond donors (Lipinski definition) is 1. The van der Waals surface area contributed by atoms with Crippen LogP contribution in [0.5, 0.6) is 0 Å². The largest absolute Gasteiger partial charge is 0.481 e. The number of amides is 1. The summed E-state index contributed by atoms with van der Waals surface area (Å²) in [5, 5.41) is 10.6. The first kappa shape index (κ1) is 26.0. The van der Waals surface area contributed by atoms with Crippen LogP contribution < -0.4 is 0 Å². The number of likely N-dealkylation sites (tertiary alicyclic amines) is 1. The van der Waals surface area contributed by atoms with E-state index in [1.54, 1.807) is 30.0 Å². The van der Waals surface area contributed by atoms with E-state index in [1.807, 2.05) is 37.3 Å². The monoisotopic (exact) mass is 505 g/mol. The van der Waals surface area contributed by atoms with E-state index in [0.717, 1.165) is 11.1 Å². The first-order valence-corrected chi connectivity index (χ1v) is 12.2. The molecule has 1 aliphatic rings. The number of aliphatic carboxylic acids is 1. The molecule has 1 heterocycles. The molecule has 0 bridgehead atoms. The van der Waals surface area contributed by atoms with Crippen molar-refractivity contribution in [3.05, 3.63) is 69.7 Å². The lowest BCUT2D eigenvalue weighted by Gasteiger charge is -2.47. The first-order valence-electron chi connectivity index (χ1n) is 11.5. The molecule has 0 spiro atoms. The van der Waals surface area contributed by atoms with Gasteiger partial charge in [-0.15, -0.1) is 0 Å². The van der Waals surface area contributed by atoms with Gasteiger partial charge in [-0.25, -0.2) is 4.79 Å². The van der Waals surface area contributed by atoms with Crippen LogP contribution in [0.25, 0.3) is 0 Å². The van der Waals surface area contributed by atoms with Crippen molar-refractivity contribution in [2.45, 2.75) is 57.5 Å². The van der Waals surface area contributed by atoms with Crippen LogP contribution in [0.3, 0.4) is 0 Å². The fraction of sp³-hybridized carbons (Fsp3) is 0.423. The van der Waals surface area contributed by atoms with Crippen molar-refractivity contribution in [2.75, 3.05) is 6.61 Å². The van der Waals surface area contributed by atoms with Crippen molar-refractivity contribution >= 4 is 41.0 Å². The Balaban J connectivity index is 2.21. The van der Waals surface area contributed by atoms with Crippen molar-refractivity contribution in [1.82, 2.24) is 4.90 Å². The summed E-state index contributed by atoms with van der Waals surface area (Å²) in [5.41, 5.74) is 1.68. The van der Waals surface area contributed by atoms with E-state index in [2.05, 4.69) is 0 Å². The Morgan fingerprint density at radius 3 is 2.38 bits per heavy atom. The van der Waals surface area contributed by atoms with Crippen molar-refractivity contribution in [3.63, 3.8) is 0 Å². The van der Waals surface area contributed by atoms with E-state index in [4.69, 9.17) is 27.9 Å². The van der Waals surface area contributed by atoms with Gasteiger partial charge in [-0.2, -0.15) is 0 Å². The quantitative estimate of drug-likeness (QED) is 0.430. The van der Waals surface area contributed by atoms with E-state index in [9.17, 15) is 19.5 Å². The average molecular weight is 506 g/mol. The van der Waals surface area contributed by atoms with Crippen molar-refractivity contribution in [3.8, 4) is 0 Å². The van der Waals surface area contributed by atoms with Crippen molar-refractivity contribution < 1.29 is 24.2 Å². The Kier molecular flexibility index (Phi) is 8.97. The third kappa shape index (κ3) is 5.91. The third-order valence-corrected chi connectivity index (χ3v) is 6.68. The fourth-order valence-electron chi connectivity index (χ4n) is 4.80. The van der Waals surface area contributed by atoms with Crippen LogP contribution in [0.15, 0.2) is 48.5 Å². The number of carbonyl (C=O) groups is 3.